The number of benzene rings is 1. The maximum atomic E-state index is 12.9. The number of alkyl halides is 3. The number of hydrogen-bond donors (Lipinski definition) is 1. The van der Waals surface area contributed by atoms with E-state index in [4.69, 9.17) is 4.74 Å². The van der Waals surface area contributed by atoms with Gasteiger partial charge in [0, 0.05) is 12.2 Å². The molecule has 1 aromatic carbocycles. The lowest BCUT2D eigenvalue weighted by atomic mass is 10.0. The Labute approximate surface area is 139 Å². The first-order chi connectivity index (χ1) is 11.8. The van der Waals surface area contributed by atoms with Crippen molar-refractivity contribution in [3.63, 3.8) is 0 Å². The second kappa shape index (κ2) is 6.36. The fraction of sp³-hybridized carbons (Fsp3) is 0.400. The molecular weight excluding hydrogens is 343 g/mol. The standard InChI is InChI=1S/C15H14F3N3O4/c16-15(17,18)9-4-5-12(22)10(7-9)11-8-20(19-14(11)21(23)24)13-3-1-2-6-25-13/h4-5,7-8,13,22H,1-3,6H2/t13-/m1/s1. The Hall–Kier alpha value is -2.62. The lowest BCUT2D eigenvalue weighted by Crippen LogP contribution is -2.18. The predicted molar refractivity (Wildman–Crippen MR) is 79.8 cm³/mol. The van der Waals surface area contributed by atoms with Gasteiger partial charge in [0.25, 0.3) is 0 Å². The molecule has 0 spiro atoms. The van der Waals surface area contributed by atoms with Gasteiger partial charge in [-0.3, -0.25) is 0 Å². The number of phenols is 1. The van der Waals surface area contributed by atoms with E-state index in [1.807, 2.05) is 0 Å². The molecule has 2 aromatic rings. The Morgan fingerprint density at radius 3 is 2.68 bits per heavy atom. The number of phenolic OH excluding ortho intramolecular Hbond substituents is 1. The van der Waals surface area contributed by atoms with Crippen molar-refractivity contribution in [1.29, 1.82) is 0 Å². The zero-order chi connectivity index (χ0) is 18.2. The molecule has 0 unspecified atom stereocenters. The van der Waals surface area contributed by atoms with Crippen molar-refractivity contribution in [2.75, 3.05) is 6.61 Å². The molecule has 1 fully saturated rings. The molecule has 1 atom stereocenters. The number of aromatic hydroxyl groups is 1. The van der Waals surface area contributed by atoms with E-state index in [9.17, 15) is 28.4 Å². The smallest absolute Gasteiger partial charge is 0.416 e. The van der Waals surface area contributed by atoms with Gasteiger partial charge in [-0.25, -0.2) is 0 Å². The van der Waals surface area contributed by atoms with Gasteiger partial charge < -0.3 is 20.0 Å². The molecule has 7 nitrogen and oxygen atoms in total. The van der Waals surface area contributed by atoms with E-state index >= 15 is 0 Å². The Bertz CT molecular complexity index is 798. The highest BCUT2D eigenvalue weighted by molar-refractivity contribution is 5.76. The second-order valence-corrected chi connectivity index (χ2v) is 5.65. The molecule has 0 saturated carbocycles. The molecule has 134 valence electrons. The van der Waals surface area contributed by atoms with Crippen molar-refractivity contribution in [2.24, 2.45) is 0 Å². The van der Waals surface area contributed by atoms with Gasteiger partial charge in [-0.05, 0) is 42.4 Å². The Balaban J connectivity index is 2.09. The third kappa shape index (κ3) is 3.43. The normalized spacial score (nSPS) is 18.3. The van der Waals surface area contributed by atoms with E-state index < -0.39 is 34.5 Å². The highest BCUT2D eigenvalue weighted by atomic mass is 19.4. The van der Waals surface area contributed by atoms with Crippen LogP contribution >= 0.6 is 0 Å². The zero-order valence-electron chi connectivity index (χ0n) is 12.9. The quantitative estimate of drug-likeness (QED) is 0.665. The number of rotatable bonds is 3. The van der Waals surface area contributed by atoms with Crippen molar-refractivity contribution in [1.82, 2.24) is 9.78 Å². The van der Waals surface area contributed by atoms with Crippen molar-refractivity contribution < 1.29 is 27.9 Å². The fourth-order valence-electron chi connectivity index (χ4n) is 2.71. The van der Waals surface area contributed by atoms with Crippen LogP contribution in [0, 0.1) is 10.1 Å². The van der Waals surface area contributed by atoms with Crippen LogP contribution in [-0.2, 0) is 10.9 Å². The third-order valence-corrected chi connectivity index (χ3v) is 3.95. The molecule has 0 radical (unpaired) electrons. The monoisotopic (exact) mass is 357 g/mol. The molecule has 25 heavy (non-hydrogen) atoms. The average molecular weight is 357 g/mol. The summed E-state index contributed by atoms with van der Waals surface area (Å²) in [6.45, 7) is 0.475. The second-order valence-electron chi connectivity index (χ2n) is 5.65. The lowest BCUT2D eigenvalue weighted by molar-refractivity contribution is -0.389. The third-order valence-electron chi connectivity index (χ3n) is 3.95. The summed E-state index contributed by atoms with van der Waals surface area (Å²) in [6, 6.07) is 2.24. The summed E-state index contributed by atoms with van der Waals surface area (Å²) in [7, 11) is 0. The van der Waals surface area contributed by atoms with Crippen LogP contribution in [0.15, 0.2) is 24.4 Å². The van der Waals surface area contributed by atoms with Gasteiger partial charge in [0.15, 0.2) is 6.23 Å². The van der Waals surface area contributed by atoms with Crippen molar-refractivity contribution in [3.8, 4) is 16.9 Å². The van der Waals surface area contributed by atoms with Gasteiger partial charge in [0.05, 0.1) is 16.9 Å². The summed E-state index contributed by atoms with van der Waals surface area (Å²) in [6.07, 6.45) is -1.62. The Morgan fingerprint density at radius 1 is 1.32 bits per heavy atom. The number of halogens is 3. The Kier molecular flexibility index (Phi) is 4.38. The fourth-order valence-corrected chi connectivity index (χ4v) is 2.71. The van der Waals surface area contributed by atoms with E-state index in [1.165, 1.54) is 10.9 Å². The molecule has 0 amide bonds. The maximum absolute atomic E-state index is 12.9. The molecule has 0 aliphatic carbocycles. The predicted octanol–water partition coefficient (Wildman–Crippen LogP) is 3.88. The molecule has 1 saturated heterocycles. The van der Waals surface area contributed by atoms with Crippen molar-refractivity contribution >= 4 is 5.82 Å². The molecule has 1 aromatic heterocycles. The topological polar surface area (TPSA) is 90.4 Å². The maximum Gasteiger partial charge on any atom is 0.416 e. The number of hydrogen-bond acceptors (Lipinski definition) is 5. The minimum atomic E-state index is -4.64. The summed E-state index contributed by atoms with van der Waals surface area (Å²) in [4.78, 5) is 10.5. The summed E-state index contributed by atoms with van der Waals surface area (Å²) in [5, 5.41) is 25.0. The molecule has 1 aliphatic rings. The number of nitro groups is 1. The Morgan fingerprint density at radius 2 is 2.08 bits per heavy atom. The van der Waals surface area contributed by atoms with Gasteiger partial charge >= 0.3 is 12.0 Å². The summed E-state index contributed by atoms with van der Waals surface area (Å²) in [5.74, 6) is -1.14. The van der Waals surface area contributed by atoms with E-state index in [0.29, 0.717) is 25.2 Å². The van der Waals surface area contributed by atoms with Crippen LogP contribution in [0.2, 0.25) is 0 Å². The first-order valence-corrected chi connectivity index (χ1v) is 7.53. The number of ether oxygens (including phenoxy) is 1. The molecule has 2 heterocycles. The SMILES string of the molecule is O=[N+]([O-])c1nn([C@H]2CCCCO2)cc1-c1cc(C(F)(F)F)ccc1O. The largest absolute Gasteiger partial charge is 0.507 e. The van der Waals surface area contributed by atoms with E-state index in [-0.39, 0.29) is 11.1 Å². The van der Waals surface area contributed by atoms with Crippen LogP contribution in [0.25, 0.3) is 11.1 Å². The van der Waals surface area contributed by atoms with Crippen LogP contribution in [0.3, 0.4) is 0 Å². The molecular formula is C15H14F3N3O4. The average Bonchev–Trinajstić information content (AvgIpc) is 3.00. The van der Waals surface area contributed by atoms with E-state index in [0.717, 1.165) is 18.9 Å². The van der Waals surface area contributed by atoms with Crippen LogP contribution in [0.5, 0.6) is 5.75 Å². The number of nitrogens with zero attached hydrogens (tertiary/aromatic N) is 3. The van der Waals surface area contributed by atoms with Crippen LogP contribution < -0.4 is 0 Å². The highest BCUT2D eigenvalue weighted by Crippen LogP contribution is 2.40. The summed E-state index contributed by atoms with van der Waals surface area (Å²) >= 11 is 0. The van der Waals surface area contributed by atoms with Crippen LogP contribution in [0.4, 0.5) is 19.0 Å². The number of aromatic nitrogens is 2. The molecule has 10 heteroatoms. The molecule has 0 bridgehead atoms. The lowest BCUT2D eigenvalue weighted by Gasteiger charge is -2.20. The van der Waals surface area contributed by atoms with Gasteiger partial charge in [0.2, 0.25) is 0 Å². The van der Waals surface area contributed by atoms with Gasteiger partial charge in [-0.1, -0.05) is 0 Å². The minimum absolute atomic E-state index is 0.192. The summed E-state index contributed by atoms with van der Waals surface area (Å²) < 4.78 is 45.5. The summed E-state index contributed by atoms with van der Waals surface area (Å²) in [5.41, 5.74) is -1.51. The van der Waals surface area contributed by atoms with Gasteiger partial charge in [0.1, 0.15) is 11.3 Å². The van der Waals surface area contributed by atoms with E-state index in [2.05, 4.69) is 5.10 Å². The van der Waals surface area contributed by atoms with Crippen LogP contribution in [0.1, 0.15) is 31.1 Å². The first kappa shape index (κ1) is 17.2. The van der Waals surface area contributed by atoms with Gasteiger partial charge in [-0.15, -0.1) is 0 Å². The first-order valence-electron chi connectivity index (χ1n) is 7.53. The zero-order valence-corrected chi connectivity index (χ0v) is 12.9. The van der Waals surface area contributed by atoms with Crippen molar-refractivity contribution in [2.45, 2.75) is 31.7 Å². The van der Waals surface area contributed by atoms with Crippen LogP contribution in [-0.4, -0.2) is 26.4 Å². The van der Waals surface area contributed by atoms with E-state index in [1.54, 1.807) is 0 Å². The molecule has 1 N–H and O–H groups in total. The highest BCUT2D eigenvalue weighted by Gasteiger charge is 2.33. The van der Waals surface area contributed by atoms with Gasteiger partial charge in [-0.2, -0.15) is 17.9 Å². The van der Waals surface area contributed by atoms with Crippen molar-refractivity contribution in [3.05, 3.63) is 40.1 Å². The molecule has 3 rings (SSSR count). The minimum Gasteiger partial charge on any atom is -0.507 e. The molecule has 1 aliphatic heterocycles.